The maximum absolute atomic E-state index is 11.7. The van der Waals surface area contributed by atoms with Gasteiger partial charge in [-0.1, -0.05) is 13.8 Å². The second-order valence-electron chi connectivity index (χ2n) is 5.43. The first-order valence-corrected chi connectivity index (χ1v) is 6.70. The molecule has 0 bridgehead atoms. The molecule has 1 unspecified atom stereocenters. The minimum atomic E-state index is -1.00. The predicted molar refractivity (Wildman–Crippen MR) is 69.4 cm³/mol. The Hall–Kier alpha value is -1.59. The van der Waals surface area contributed by atoms with E-state index < -0.39 is 12.0 Å². The monoisotopic (exact) mass is 270 g/mol. The summed E-state index contributed by atoms with van der Waals surface area (Å²) in [6, 6.07) is -0.780. The maximum Gasteiger partial charge on any atom is 0.326 e. The van der Waals surface area contributed by atoms with E-state index in [1.54, 1.807) is 0 Å². The number of carbonyl (C=O) groups excluding carboxylic acids is 2. The Morgan fingerprint density at radius 3 is 2.63 bits per heavy atom. The Labute approximate surface area is 112 Å². The zero-order valence-electron chi connectivity index (χ0n) is 11.4. The molecule has 1 rings (SSSR count). The molecular weight excluding hydrogens is 248 g/mol. The lowest BCUT2D eigenvalue weighted by Gasteiger charge is -2.17. The van der Waals surface area contributed by atoms with Crippen molar-refractivity contribution in [2.75, 3.05) is 0 Å². The second-order valence-corrected chi connectivity index (χ2v) is 5.43. The van der Waals surface area contributed by atoms with Crippen LogP contribution in [0.25, 0.3) is 0 Å². The SMILES string of the molecule is CC(C)C[C@H](NC(=O)CCC1CCC(=O)N1)C(=O)O. The van der Waals surface area contributed by atoms with Gasteiger partial charge in [-0.05, 0) is 25.2 Å². The van der Waals surface area contributed by atoms with E-state index in [2.05, 4.69) is 10.6 Å². The summed E-state index contributed by atoms with van der Waals surface area (Å²) in [5.41, 5.74) is 0. The van der Waals surface area contributed by atoms with Crippen molar-refractivity contribution in [2.45, 2.75) is 58.0 Å². The van der Waals surface area contributed by atoms with Crippen LogP contribution >= 0.6 is 0 Å². The van der Waals surface area contributed by atoms with Gasteiger partial charge in [0.15, 0.2) is 0 Å². The summed E-state index contributed by atoms with van der Waals surface area (Å²) in [4.78, 5) is 33.7. The van der Waals surface area contributed by atoms with E-state index in [0.29, 0.717) is 19.3 Å². The van der Waals surface area contributed by atoms with Gasteiger partial charge in [-0.3, -0.25) is 9.59 Å². The number of amides is 2. The molecule has 19 heavy (non-hydrogen) atoms. The van der Waals surface area contributed by atoms with Gasteiger partial charge in [-0.2, -0.15) is 0 Å². The van der Waals surface area contributed by atoms with Gasteiger partial charge in [0.05, 0.1) is 0 Å². The summed E-state index contributed by atoms with van der Waals surface area (Å²) < 4.78 is 0. The van der Waals surface area contributed by atoms with Crippen molar-refractivity contribution in [3.8, 4) is 0 Å². The minimum absolute atomic E-state index is 0.0219. The Morgan fingerprint density at radius 1 is 1.47 bits per heavy atom. The van der Waals surface area contributed by atoms with Crippen LogP contribution in [0.4, 0.5) is 0 Å². The molecule has 0 saturated carbocycles. The van der Waals surface area contributed by atoms with Crippen LogP contribution in [0.2, 0.25) is 0 Å². The van der Waals surface area contributed by atoms with Crippen molar-refractivity contribution in [1.29, 1.82) is 0 Å². The third-order valence-corrected chi connectivity index (χ3v) is 3.15. The van der Waals surface area contributed by atoms with E-state index in [0.717, 1.165) is 6.42 Å². The van der Waals surface area contributed by atoms with Crippen LogP contribution in [0.1, 0.15) is 46.0 Å². The fraction of sp³-hybridized carbons (Fsp3) is 0.769. The average molecular weight is 270 g/mol. The quantitative estimate of drug-likeness (QED) is 0.633. The molecule has 3 N–H and O–H groups in total. The summed E-state index contributed by atoms with van der Waals surface area (Å²) >= 11 is 0. The standard InChI is InChI=1S/C13H22N2O4/c1-8(2)7-10(13(18)19)15-12(17)6-4-9-3-5-11(16)14-9/h8-10H,3-7H2,1-2H3,(H,14,16)(H,15,17)(H,18,19)/t9?,10-/m0/s1. The molecule has 6 heteroatoms. The lowest BCUT2D eigenvalue weighted by atomic mass is 10.0. The Kier molecular flexibility index (Phi) is 5.79. The highest BCUT2D eigenvalue weighted by atomic mass is 16.4. The van der Waals surface area contributed by atoms with Crippen molar-refractivity contribution in [1.82, 2.24) is 10.6 Å². The second kappa shape index (κ2) is 7.11. The number of aliphatic carboxylic acids is 1. The van der Waals surface area contributed by atoms with E-state index in [9.17, 15) is 14.4 Å². The smallest absolute Gasteiger partial charge is 0.326 e. The fourth-order valence-electron chi connectivity index (χ4n) is 2.16. The van der Waals surface area contributed by atoms with E-state index in [4.69, 9.17) is 5.11 Å². The van der Waals surface area contributed by atoms with Gasteiger partial charge in [-0.25, -0.2) is 4.79 Å². The highest BCUT2D eigenvalue weighted by Gasteiger charge is 2.24. The predicted octanol–water partition coefficient (Wildman–Crippen LogP) is 0.661. The molecule has 1 fully saturated rings. The molecule has 1 heterocycles. The molecule has 0 aliphatic carbocycles. The highest BCUT2D eigenvalue weighted by molar-refractivity contribution is 5.83. The third kappa shape index (κ3) is 5.72. The van der Waals surface area contributed by atoms with Crippen molar-refractivity contribution >= 4 is 17.8 Å². The molecular formula is C13H22N2O4. The zero-order chi connectivity index (χ0) is 14.4. The van der Waals surface area contributed by atoms with Gasteiger partial charge < -0.3 is 15.7 Å². The molecule has 1 aliphatic heterocycles. The van der Waals surface area contributed by atoms with Crippen LogP contribution in [0.3, 0.4) is 0 Å². The maximum atomic E-state index is 11.7. The summed E-state index contributed by atoms with van der Waals surface area (Å²) in [6.07, 6.45) is 2.48. The van der Waals surface area contributed by atoms with Crippen molar-refractivity contribution in [3.05, 3.63) is 0 Å². The van der Waals surface area contributed by atoms with Crippen LogP contribution < -0.4 is 10.6 Å². The van der Waals surface area contributed by atoms with E-state index in [1.165, 1.54) is 0 Å². The van der Waals surface area contributed by atoms with Gasteiger partial charge in [0.2, 0.25) is 11.8 Å². The number of rotatable bonds is 7. The van der Waals surface area contributed by atoms with Gasteiger partial charge >= 0.3 is 5.97 Å². The van der Waals surface area contributed by atoms with Crippen LogP contribution in [0.15, 0.2) is 0 Å². The fourth-order valence-corrected chi connectivity index (χ4v) is 2.16. The summed E-state index contributed by atoms with van der Waals surface area (Å²) in [6.45, 7) is 3.83. The van der Waals surface area contributed by atoms with E-state index in [-0.39, 0.29) is 30.2 Å². The molecule has 0 spiro atoms. The number of hydrogen-bond acceptors (Lipinski definition) is 3. The number of hydrogen-bond donors (Lipinski definition) is 3. The number of carboxylic acids is 1. The van der Waals surface area contributed by atoms with Crippen molar-refractivity contribution in [3.63, 3.8) is 0 Å². The third-order valence-electron chi connectivity index (χ3n) is 3.15. The molecule has 2 atom stereocenters. The van der Waals surface area contributed by atoms with Crippen LogP contribution in [0, 0.1) is 5.92 Å². The molecule has 0 radical (unpaired) electrons. The summed E-state index contributed by atoms with van der Waals surface area (Å²) in [5, 5.41) is 14.3. The number of carboxylic acid groups (broad SMARTS) is 1. The first-order valence-electron chi connectivity index (χ1n) is 6.70. The van der Waals surface area contributed by atoms with Gasteiger partial charge in [-0.15, -0.1) is 0 Å². The van der Waals surface area contributed by atoms with Gasteiger partial charge in [0, 0.05) is 18.9 Å². The Balaban J connectivity index is 2.32. The molecule has 0 aromatic heterocycles. The average Bonchev–Trinajstić information content (AvgIpc) is 2.71. The summed E-state index contributed by atoms with van der Waals surface area (Å²) in [5.74, 6) is -1.05. The molecule has 0 aromatic rings. The lowest BCUT2D eigenvalue weighted by Crippen LogP contribution is -2.42. The Bertz CT molecular complexity index is 355. The number of carbonyl (C=O) groups is 3. The van der Waals surface area contributed by atoms with Gasteiger partial charge in [0.25, 0.3) is 0 Å². The van der Waals surface area contributed by atoms with E-state index >= 15 is 0 Å². The van der Waals surface area contributed by atoms with Crippen molar-refractivity contribution in [2.24, 2.45) is 5.92 Å². The molecule has 1 saturated heterocycles. The molecule has 2 amide bonds. The molecule has 1 aliphatic rings. The topological polar surface area (TPSA) is 95.5 Å². The lowest BCUT2D eigenvalue weighted by molar-refractivity contribution is -0.142. The van der Waals surface area contributed by atoms with Crippen molar-refractivity contribution < 1.29 is 19.5 Å². The molecule has 0 aromatic carbocycles. The highest BCUT2D eigenvalue weighted by Crippen LogP contribution is 2.12. The van der Waals surface area contributed by atoms with Crippen LogP contribution in [0.5, 0.6) is 0 Å². The minimum Gasteiger partial charge on any atom is -0.480 e. The van der Waals surface area contributed by atoms with Crippen LogP contribution in [-0.4, -0.2) is 35.0 Å². The van der Waals surface area contributed by atoms with E-state index in [1.807, 2.05) is 13.8 Å². The Morgan fingerprint density at radius 2 is 2.16 bits per heavy atom. The molecule has 6 nitrogen and oxygen atoms in total. The largest absolute Gasteiger partial charge is 0.480 e. The normalized spacial score (nSPS) is 20.2. The number of nitrogens with one attached hydrogen (secondary N) is 2. The first kappa shape index (κ1) is 15.5. The molecule has 108 valence electrons. The first-order chi connectivity index (χ1) is 8.88. The van der Waals surface area contributed by atoms with Gasteiger partial charge in [0.1, 0.15) is 6.04 Å². The summed E-state index contributed by atoms with van der Waals surface area (Å²) in [7, 11) is 0. The zero-order valence-corrected chi connectivity index (χ0v) is 11.4. The van der Waals surface area contributed by atoms with Crippen LogP contribution in [-0.2, 0) is 14.4 Å².